The van der Waals surface area contributed by atoms with Crippen molar-refractivity contribution in [2.45, 2.75) is 0 Å². The molecule has 0 saturated heterocycles. The second-order valence-electron chi connectivity index (χ2n) is 1.95. The predicted molar refractivity (Wildman–Crippen MR) is 47.6 cm³/mol. The molecule has 0 aromatic rings. The van der Waals surface area contributed by atoms with Crippen LogP contribution in [0.25, 0.3) is 0 Å². The van der Waals surface area contributed by atoms with Gasteiger partial charge < -0.3 is 4.31 Å². The van der Waals surface area contributed by atoms with Crippen molar-refractivity contribution < 1.29 is 0 Å². The van der Waals surface area contributed by atoms with Crippen LogP contribution < -0.4 is 0 Å². The van der Waals surface area contributed by atoms with Crippen molar-refractivity contribution in [1.29, 1.82) is 0 Å². The third kappa shape index (κ3) is 2.31. The van der Waals surface area contributed by atoms with Crippen molar-refractivity contribution in [2.24, 2.45) is 0 Å². The molecule has 1 nitrogen and oxygen atoms in total. The molecule has 0 saturated carbocycles. The fraction of sp³-hybridized carbons (Fsp3) is 0.250. The van der Waals surface area contributed by atoms with Gasteiger partial charge in [-0.3, -0.25) is 0 Å². The molecule has 10 heavy (non-hydrogen) atoms. The maximum absolute atomic E-state index is 3.66. The highest BCUT2D eigenvalue weighted by Gasteiger charge is 1.96. The highest BCUT2D eigenvalue weighted by molar-refractivity contribution is 7.97. The molecule has 1 aliphatic rings. The molecule has 0 aromatic heterocycles. The minimum Gasteiger partial charge on any atom is -0.319 e. The molecule has 0 unspecified atom stereocenters. The number of nitrogens with zero attached hydrogens (tertiary/aromatic N) is 1. The molecule has 0 radical (unpaired) electrons. The van der Waals surface area contributed by atoms with Gasteiger partial charge in [-0.1, -0.05) is 18.2 Å². The first-order valence-electron chi connectivity index (χ1n) is 3.27. The summed E-state index contributed by atoms with van der Waals surface area (Å²) >= 11 is 1.77. The summed E-state index contributed by atoms with van der Waals surface area (Å²) in [6.07, 6.45) is 10.2. The smallest absolute Gasteiger partial charge is 0.0473 e. The molecule has 0 aliphatic carbocycles. The molecule has 0 N–H and O–H groups in total. The summed E-state index contributed by atoms with van der Waals surface area (Å²) in [4.78, 5) is 0. The monoisotopic (exact) mass is 153 g/mol. The zero-order valence-corrected chi connectivity index (χ0v) is 6.68. The van der Waals surface area contributed by atoms with Crippen LogP contribution in [0.4, 0.5) is 0 Å². The molecule has 0 bridgehead atoms. The lowest BCUT2D eigenvalue weighted by molar-refractivity contribution is 0.691. The second-order valence-corrected chi connectivity index (χ2v) is 3.01. The van der Waals surface area contributed by atoms with Crippen LogP contribution in [0.15, 0.2) is 37.1 Å². The Morgan fingerprint density at radius 1 is 1.60 bits per heavy atom. The van der Waals surface area contributed by atoms with Crippen molar-refractivity contribution in [2.75, 3.05) is 12.3 Å². The normalized spacial score (nSPS) is 15.8. The van der Waals surface area contributed by atoms with E-state index < -0.39 is 0 Å². The molecule has 0 fully saturated rings. The van der Waals surface area contributed by atoms with Crippen molar-refractivity contribution in [3.63, 3.8) is 0 Å². The Morgan fingerprint density at radius 2 is 2.50 bits per heavy atom. The van der Waals surface area contributed by atoms with Gasteiger partial charge in [-0.15, -0.1) is 6.58 Å². The van der Waals surface area contributed by atoms with E-state index in [4.69, 9.17) is 0 Å². The second kappa shape index (κ2) is 4.23. The third-order valence-electron chi connectivity index (χ3n) is 1.14. The summed E-state index contributed by atoms with van der Waals surface area (Å²) in [5, 5.41) is 0. The highest BCUT2D eigenvalue weighted by Crippen LogP contribution is 2.12. The van der Waals surface area contributed by atoms with Crippen LogP contribution in [0.2, 0.25) is 0 Å². The van der Waals surface area contributed by atoms with Crippen LogP contribution in [-0.4, -0.2) is 16.6 Å². The summed E-state index contributed by atoms with van der Waals surface area (Å²) in [6, 6.07) is 0. The Labute approximate surface area is 66.2 Å². The number of allylic oxidation sites excluding steroid dienone is 2. The summed E-state index contributed by atoms with van der Waals surface area (Å²) in [6.45, 7) is 4.66. The van der Waals surface area contributed by atoms with Crippen LogP contribution in [-0.2, 0) is 0 Å². The minimum atomic E-state index is 0.984. The van der Waals surface area contributed by atoms with E-state index in [1.54, 1.807) is 11.9 Å². The first-order chi connectivity index (χ1) is 4.93. The van der Waals surface area contributed by atoms with E-state index >= 15 is 0 Å². The number of rotatable bonds is 3. The fourth-order valence-corrected chi connectivity index (χ4v) is 1.34. The molecule has 2 heteroatoms. The van der Waals surface area contributed by atoms with Gasteiger partial charge in [0.05, 0.1) is 0 Å². The van der Waals surface area contributed by atoms with Gasteiger partial charge >= 0.3 is 0 Å². The van der Waals surface area contributed by atoms with Gasteiger partial charge in [0.25, 0.3) is 0 Å². The first kappa shape index (κ1) is 7.48. The predicted octanol–water partition coefficient (Wildman–Crippen LogP) is 2.21. The maximum Gasteiger partial charge on any atom is 0.0473 e. The van der Waals surface area contributed by atoms with E-state index in [9.17, 15) is 0 Å². The summed E-state index contributed by atoms with van der Waals surface area (Å²) < 4.78 is 2.18. The lowest BCUT2D eigenvalue weighted by Gasteiger charge is -2.17. The van der Waals surface area contributed by atoms with Gasteiger partial charge in [-0.25, -0.2) is 0 Å². The Hall–Kier alpha value is -0.630. The number of hydrogen-bond donors (Lipinski definition) is 0. The largest absolute Gasteiger partial charge is 0.319 e. The third-order valence-corrected chi connectivity index (χ3v) is 2.13. The van der Waals surface area contributed by atoms with Gasteiger partial charge in [-0.05, 0) is 18.0 Å². The summed E-state index contributed by atoms with van der Waals surface area (Å²) in [5.41, 5.74) is 0. The highest BCUT2D eigenvalue weighted by atomic mass is 32.2. The Kier molecular flexibility index (Phi) is 3.16. The van der Waals surface area contributed by atoms with E-state index in [0.29, 0.717) is 0 Å². The van der Waals surface area contributed by atoms with Crippen molar-refractivity contribution in [3.8, 4) is 0 Å². The topological polar surface area (TPSA) is 3.24 Å². The Balaban J connectivity index is 2.23. The molecule has 1 aliphatic heterocycles. The van der Waals surface area contributed by atoms with Gasteiger partial charge in [0.1, 0.15) is 0 Å². The molecule has 54 valence electrons. The molecule has 1 heterocycles. The molecule has 1 rings (SSSR count). The lowest BCUT2D eigenvalue weighted by atomic mass is 10.4. The average Bonchev–Trinajstić information content (AvgIpc) is 2.03. The van der Waals surface area contributed by atoms with Crippen molar-refractivity contribution in [3.05, 3.63) is 37.1 Å². The van der Waals surface area contributed by atoms with Crippen LogP contribution in [0, 0.1) is 0 Å². The summed E-state index contributed by atoms with van der Waals surface area (Å²) in [7, 11) is 0. The molecule has 0 aromatic carbocycles. The summed E-state index contributed by atoms with van der Waals surface area (Å²) in [5.74, 6) is 0.984. The molecule has 0 spiro atoms. The van der Waals surface area contributed by atoms with Gasteiger partial charge in [0.2, 0.25) is 0 Å². The lowest BCUT2D eigenvalue weighted by Crippen LogP contribution is -2.09. The fourth-order valence-electron chi connectivity index (χ4n) is 0.694. The molecular formula is C8H11NS. The first-order valence-corrected chi connectivity index (χ1v) is 4.21. The van der Waals surface area contributed by atoms with Gasteiger partial charge in [-0.2, -0.15) is 0 Å². The van der Waals surface area contributed by atoms with E-state index in [1.807, 2.05) is 12.2 Å². The SMILES string of the molecule is C=CCSN1C=CC=CC1. The maximum atomic E-state index is 3.66. The minimum absolute atomic E-state index is 0.984. The Morgan fingerprint density at radius 3 is 3.10 bits per heavy atom. The van der Waals surface area contributed by atoms with E-state index in [2.05, 4.69) is 29.2 Å². The van der Waals surface area contributed by atoms with Crippen molar-refractivity contribution >= 4 is 11.9 Å². The average molecular weight is 153 g/mol. The molecule has 0 amide bonds. The standard InChI is InChI=1S/C8H11NS/c1-2-8-10-9-6-4-3-5-7-9/h2-6H,1,7-8H2. The van der Waals surface area contributed by atoms with E-state index in [0.717, 1.165) is 12.3 Å². The van der Waals surface area contributed by atoms with Gasteiger partial charge in [0.15, 0.2) is 0 Å². The zero-order chi connectivity index (χ0) is 7.23. The quantitative estimate of drug-likeness (QED) is 0.452. The van der Waals surface area contributed by atoms with Crippen molar-refractivity contribution in [1.82, 2.24) is 4.31 Å². The van der Waals surface area contributed by atoms with Crippen LogP contribution in [0.1, 0.15) is 0 Å². The molecule has 0 atom stereocenters. The number of hydrogen-bond acceptors (Lipinski definition) is 2. The van der Waals surface area contributed by atoms with Crippen LogP contribution >= 0.6 is 11.9 Å². The van der Waals surface area contributed by atoms with Gasteiger partial charge in [0, 0.05) is 18.5 Å². The Bertz CT molecular complexity index is 161. The van der Waals surface area contributed by atoms with E-state index in [-0.39, 0.29) is 0 Å². The van der Waals surface area contributed by atoms with Crippen LogP contribution in [0.3, 0.4) is 0 Å². The zero-order valence-electron chi connectivity index (χ0n) is 5.86. The molecular weight excluding hydrogens is 142 g/mol. The van der Waals surface area contributed by atoms with Crippen LogP contribution in [0.5, 0.6) is 0 Å². The van der Waals surface area contributed by atoms with E-state index in [1.165, 1.54) is 0 Å².